The summed E-state index contributed by atoms with van der Waals surface area (Å²) >= 11 is 3.88. The van der Waals surface area contributed by atoms with Crippen molar-refractivity contribution in [1.82, 2.24) is 0 Å². The zero-order valence-corrected chi connectivity index (χ0v) is 18.7. The number of aliphatic hydroxyl groups is 3. The third-order valence-electron chi connectivity index (χ3n) is 5.14. The number of hydrogen-bond acceptors (Lipinski definition) is 6. The lowest BCUT2D eigenvalue weighted by molar-refractivity contribution is -0.0120. The summed E-state index contributed by atoms with van der Waals surface area (Å²) in [6.07, 6.45) is 15.6. The fraction of sp³-hybridized carbons (Fsp3) is 1.00. The average molecular weight is 410 g/mol. The summed E-state index contributed by atoms with van der Waals surface area (Å²) in [5.41, 5.74) is 5.58. The first-order valence-electron chi connectivity index (χ1n) is 10.3. The van der Waals surface area contributed by atoms with Crippen molar-refractivity contribution in [2.24, 2.45) is 5.73 Å². The van der Waals surface area contributed by atoms with Crippen LogP contribution in [0.3, 0.4) is 0 Å². The van der Waals surface area contributed by atoms with E-state index in [1.165, 1.54) is 51.4 Å². The minimum absolute atomic E-state index is 0.307. The first kappa shape index (κ1) is 26.5. The molecule has 0 fully saturated rings. The Kier molecular flexibility index (Phi) is 18.0. The third-order valence-corrected chi connectivity index (χ3v) is 7.66. The fourth-order valence-corrected chi connectivity index (χ4v) is 5.66. The molecule has 5 N–H and O–H groups in total. The summed E-state index contributed by atoms with van der Waals surface area (Å²) in [6, 6.07) is -0.766. The van der Waals surface area contributed by atoms with Crippen molar-refractivity contribution < 1.29 is 15.3 Å². The van der Waals surface area contributed by atoms with E-state index in [0.717, 1.165) is 12.8 Å². The Bertz CT molecular complexity index is 311. The van der Waals surface area contributed by atoms with Gasteiger partial charge in [-0.05, 0) is 38.2 Å². The lowest BCUT2D eigenvalue weighted by Gasteiger charge is -2.26. The first-order chi connectivity index (χ1) is 12.5. The quantitative estimate of drug-likeness (QED) is 0.258. The maximum absolute atomic E-state index is 10.0. The normalized spacial score (nSPS) is 17.7. The predicted molar refractivity (Wildman–Crippen MR) is 118 cm³/mol. The van der Waals surface area contributed by atoms with E-state index < -0.39 is 18.2 Å². The van der Waals surface area contributed by atoms with E-state index in [0.29, 0.717) is 16.9 Å². The van der Waals surface area contributed by atoms with E-state index in [-0.39, 0.29) is 6.61 Å². The highest BCUT2D eigenvalue weighted by atomic mass is 32.2. The van der Waals surface area contributed by atoms with Gasteiger partial charge in [-0.25, -0.2) is 0 Å². The highest BCUT2D eigenvalue weighted by molar-refractivity contribution is 8.03. The van der Waals surface area contributed by atoms with E-state index in [2.05, 4.69) is 19.4 Å². The molecule has 0 aromatic rings. The molecule has 0 aromatic heterocycles. The van der Waals surface area contributed by atoms with Gasteiger partial charge in [-0.1, -0.05) is 51.9 Å². The van der Waals surface area contributed by atoms with Crippen molar-refractivity contribution in [2.75, 3.05) is 19.1 Å². The van der Waals surface area contributed by atoms with Crippen molar-refractivity contribution in [3.05, 3.63) is 0 Å². The third kappa shape index (κ3) is 12.1. The van der Waals surface area contributed by atoms with Crippen LogP contribution in [0.5, 0.6) is 0 Å². The van der Waals surface area contributed by atoms with Gasteiger partial charge in [0.25, 0.3) is 0 Å². The number of unbranched alkanes of at least 4 members (excludes halogenated alkanes) is 6. The topological polar surface area (TPSA) is 86.7 Å². The molecule has 0 aromatic carbocycles. The molecule has 0 bridgehead atoms. The predicted octanol–water partition coefficient (Wildman–Crippen LogP) is 3.80. The van der Waals surface area contributed by atoms with Gasteiger partial charge in [-0.3, -0.25) is 0 Å². The monoisotopic (exact) mass is 409 g/mol. The Labute approximate surface area is 170 Å². The second kappa shape index (κ2) is 17.6. The van der Waals surface area contributed by atoms with Crippen molar-refractivity contribution >= 4 is 23.5 Å². The Morgan fingerprint density at radius 2 is 1.27 bits per heavy atom. The smallest absolute Gasteiger partial charge is 0.0971 e. The Balaban J connectivity index is 4.05. The maximum Gasteiger partial charge on any atom is 0.0971 e. The van der Waals surface area contributed by atoms with Gasteiger partial charge < -0.3 is 21.1 Å². The van der Waals surface area contributed by atoms with Crippen molar-refractivity contribution in [2.45, 2.75) is 106 Å². The summed E-state index contributed by atoms with van der Waals surface area (Å²) in [6.45, 7) is 1.95. The molecular weight excluding hydrogens is 366 g/mol. The van der Waals surface area contributed by atoms with Gasteiger partial charge in [-0.2, -0.15) is 23.5 Å². The number of aliphatic hydroxyl groups excluding tert-OH is 3. The molecular formula is C20H43NO3S2. The molecule has 0 saturated heterocycles. The van der Waals surface area contributed by atoms with E-state index in [1.807, 2.05) is 23.5 Å². The zero-order chi connectivity index (χ0) is 19.8. The Morgan fingerprint density at radius 3 is 1.77 bits per heavy atom. The molecule has 2 unspecified atom stereocenters. The van der Waals surface area contributed by atoms with Crippen LogP contribution in [-0.2, 0) is 0 Å². The molecule has 0 spiro atoms. The van der Waals surface area contributed by atoms with E-state index in [9.17, 15) is 10.2 Å². The molecule has 158 valence electrons. The highest BCUT2D eigenvalue weighted by Crippen LogP contribution is 2.30. The van der Waals surface area contributed by atoms with E-state index in [4.69, 9.17) is 10.8 Å². The standard InChI is InChI=1S/C20H43NO3S2/c1-4-5-6-7-8-9-10-13-18(25-2)19(26-3)14-11-12-17(23)20(24)16(21)15-22/h16-20,22-24H,4-15,21H2,1-3H3/t16-,17+,18?,19?,20-/m0/s1. The minimum Gasteiger partial charge on any atom is -0.395 e. The summed E-state index contributed by atoms with van der Waals surface area (Å²) in [5, 5.41) is 30.1. The summed E-state index contributed by atoms with van der Waals surface area (Å²) < 4.78 is 0. The van der Waals surface area contributed by atoms with Crippen molar-refractivity contribution in [3.63, 3.8) is 0 Å². The molecule has 6 heteroatoms. The molecule has 0 radical (unpaired) electrons. The van der Waals surface area contributed by atoms with Gasteiger partial charge in [0.15, 0.2) is 0 Å². The van der Waals surface area contributed by atoms with Crippen LogP contribution in [0, 0.1) is 0 Å². The molecule has 4 nitrogen and oxygen atoms in total. The number of rotatable bonds is 18. The van der Waals surface area contributed by atoms with Gasteiger partial charge in [-0.15, -0.1) is 0 Å². The molecule has 0 amide bonds. The lowest BCUT2D eigenvalue weighted by atomic mass is 9.99. The molecule has 0 heterocycles. The maximum atomic E-state index is 10.0. The van der Waals surface area contributed by atoms with Crippen LogP contribution in [0.2, 0.25) is 0 Å². The summed E-state index contributed by atoms with van der Waals surface area (Å²) in [5.74, 6) is 0. The van der Waals surface area contributed by atoms with Gasteiger partial charge >= 0.3 is 0 Å². The molecule has 26 heavy (non-hydrogen) atoms. The molecule has 0 aliphatic carbocycles. The first-order valence-corrected chi connectivity index (χ1v) is 12.9. The molecule has 5 atom stereocenters. The molecule has 0 aliphatic heterocycles. The zero-order valence-electron chi connectivity index (χ0n) is 17.1. The molecule has 0 rings (SSSR count). The van der Waals surface area contributed by atoms with Gasteiger partial charge in [0.05, 0.1) is 24.9 Å². The number of nitrogens with two attached hydrogens (primary N) is 1. The largest absolute Gasteiger partial charge is 0.395 e. The summed E-state index contributed by atoms with van der Waals surface area (Å²) in [7, 11) is 0. The van der Waals surface area contributed by atoms with Gasteiger partial charge in [0, 0.05) is 10.5 Å². The second-order valence-corrected chi connectivity index (χ2v) is 9.45. The van der Waals surface area contributed by atoms with Crippen molar-refractivity contribution in [3.8, 4) is 0 Å². The Morgan fingerprint density at radius 1 is 0.769 bits per heavy atom. The van der Waals surface area contributed by atoms with E-state index >= 15 is 0 Å². The highest BCUT2D eigenvalue weighted by Gasteiger charge is 2.24. The van der Waals surface area contributed by atoms with Crippen molar-refractivity contribution in [1.29, 1.82) is 0 Å². The number of thioether (sulfide) groups is 2. The van der Waals surface area contributed by atoms with Crippen LogP contribution >= 0.6 is 23.5 Å². The van der Waals surface area contributed by atoms with Crippen LogP contribution in [0.4, 0.5) is 0 Å². The van der Waals surface area contributed by atoms with Gasteiger partial charge in [0.1, 0.15) is 0 Å². The molecule has 0 saturated carbocycles. The second-order valence-electron chi connectivity index (χ2n) is 7.29. The lowest BCUT2D eigenvalue weighted by Crippen LogP contribution is -2.45. The van der Waals surface area contributed by atoms with Crippen LogP contribution in [0.25, 0.3) is 0 Å². The van der Waals surface area contributed by atoms with Crippen LogP contribution < -0.4 is 5.73 Å². The Hall–Kier alpha value is 0.540. The van der Waals surface area contributed by atoms with Crippen LogP contribution in [0.1, 0.15) is 77.6 Å². The summed E-state index contributed by atoms with van der Waals surface area (Å²) in [4.78, 5) is 0. The van der Waals surface area contributed by atoms with Crippen LogP contribution in [-0.4, -0.2) is 63.2 Å². The average Bonchev–Trinajstić information content (AvgIpc) is 2.66. The number of hydrogen-bond donors (Lipinski definition) is 4. The van der Waals surface area contributed by atoms with Crippen LogP contribution in [0.15, 0.2) is 0 Å². The van der Waals surface area contributed by atoms with E-state index in [1.54, 1.807) is 0 Å². The minimum atomic E-state index is -1.04. The van der Waals surface area contributed by atoms with Gasteiger partial charge in [0.2, 0.25) is 0 Å². The SMILES string of the molecule is CCCCCCCCCC(SC)C(CCC[C@@H](O)[C@@H](O)[C@@H](N)CO)SC. The fourth-order valence-electron chi connectivity index (χ4n) is 3.31. The molecule has 0 aliphatic rings.